The molecule has 0 aliphatic heterocycles. The van der Waals surface area contributed by atoms with Crippen molar-refractivity contribution in [3.63, 3.8) is 0 Å². The third kappa shape index (κ3) is 1.62. The lowest BCUT2D eigenvalue weighted by Crippen LogP contribution is -2.02. The van der Waals surface area contributed by atoms with Crippen LogP contribution in [-0.2, 0) is 6.54 Å². The van der Waals surface area contributed by atoms with Crippen LogP contribution in [0.25, 0.3) is 11.3 Å². The van der Waals surface area contributed by atoms with Crippen LogP contribution in [0, 0.1) is 6.92 Å². The lowest BCUT2D eigenvalue weighted by molar-refractivity contribution is 0.660. The smallest absolute Gasteiger partial charge is 0.132 e. The standard InChI is InChI=1S/C12H17N5/c1-3-16-7-9(6-14-16)11-12(13)17(8(2)15-11)10-4-5-10/h6-7,10H,3-5,13H2,1-2H3. The van der Waals surface area contributed by atoms with E-state index in [-0.39, 0.29) is 0 Å². The van der Waals surface area contributed by atoms with E-state index in [1.807, 2.05) is 24.0 Å². The summed E-state index contributed by atoms with van der Waals surface area (Å²) in [6, 6.07) is 0.567. The average molecular weight is 231 g/mol. The molecule has 0 unspecified atom stereocenters. The fraction of sp³-hybridized carbons (Fsp3) is 0.500. The second kappa shape index (κ2) is 3.61. The zero-order valence-electron chi connectivity index (χ0n) is 10.2. The van der Waals surface area contributed by atoms with E-state index in [0.717, 1.165) is 29.4 Å². The first-order valence-corrected chi connectivity index (χ1v) is 6.07. The van der Waals surface area contributed by atoms with Crippen LogP contribution in [0.3, 0.4) is 0 Å². The number of hydrogen-bond acceptors (Lipinski definition) is 3. The van der Waals surface area contributed by atoms with Gasteiger partial charge in [-0.25, -0.2) is 4.98 Å². The summed E-state index contributed by atoms with van der Waals surface area (Å²) in [7, 11) is 0. The van der Waals surface area contributed by atoms with E-state index in [0.29, 0.717) is 6.04 Å². The zero-order chi connectivity index (χ0) is 12.0. The summed E-state index contributed by atoms with van der Waals surface area (Å²) < 4.78 is 4.04. The molecule has 17 heavy (non-hydrogen) atoms. The second-order valence-electron chi connectivity index (χ2n) is 4.58. The van der Waals surface area contributed by atoms with Gasteiger partial charge in [-0.2, -0.15) is 5.10 Å². The van der Waals surface area contributed by atoms with E-state index in [1.54, 1.807) is 0 Å². The second-order valence-corrected chi connectivity index (χ2v) is 4.58. The first-order valence-electron chi connectivity index (χ1n) is 6.07. The highest BCUT2D eigenvalue weighted by Gasteiger charge is 2.28. The topological polar surface area (TPSA) is 61.7 Å². The quantitative estimate of drug-likeness (QED) is 0.878. The van der Waals surface area contributed by atoms with Gasteiger partial charge in [0.15, 0.2) is 0 Å². The maximum atomic E-state index is 6.19. The summed E-state index contributed by atoms with van der Waals surface area (Å²) in [5.41, 5.74) is 8.07. The minimum Gasteiger partial charge on any atom is -0.383 e. The molecule has 0 radical (unpaired) electrons. The third-order valence-corrected chi connectivity index (χ3v) is 3.27. The molecule has 0 bridgehead atoms. The van der Waals surface area contributed by atoms with Gasteiger partial charge >= 0.3 is 0 Å². The lowest BCUT2D eigenvalue weighted by atomic mass is 10.2. The summed E-state index contributed by atoms with van der Waals surface area (Å²) in [4.78, 5) is 4.57. The molecule has 3 rings (SSSR count). The van der Waals surface area contributed by atoms with Gasteiger partial charge in [-0.3, -0.25) is 4.68 Å². The highest BCUT2D eigenvalue weighted by Crippen LogP contribution is 2.40. The van der Waals surface area contributed by atoms with Gasteiger partial charge in [0, 0.05) is 24.3 Å². The number of rotatable bonds is 3. The molecular weight excluding hydrogens is 214 g/mol. The van der Waals surface area contributed by atoms with Crippen LogP contribution in [-0.4, -0.2) is 19.3 Å². The average Bonchev–Trinajstić information content (AvgIpc) is 2.94. The summed E-state index contributed by atoms with van der Waals surface area (Å²) >= 11 is 0. The van der Waals surface area contributed by atoms with Crippen LogP contribution < -0.4 is 5.73 Å². The highest BCUT2D eigenvalue weighted by molar-refractivity contribution is 5.70. The molecule has 0 spiro atoms. The van der Waals surface area contributed by atoms with Crippen LogP contribution in [0.1, 0.15) is 31.6 Å². The molecule has 5 nitrogen and oxygen atoms in total. The van der Waals surface area contributed by atoms with Crippen molar-refractivity contribution in [2.24, 2.45) is 0 Å². The Labute approximate surface area is 100 Å². The number of anilines is 1. The first-order chi connectivity index (χ1) is 8.20. The van der Waals surface area contributed by atoms with Gasteiger partial charge in [-0.1, -0.05) is 0 Å². The Hall–Kier alpha value is -1.78. The fourth-order valence-electron chi connectivity index (χ4n) is 2.23. The predicted molar refractivity (Wildman–Crippen MR) is 66.5 cm³/mol. The van der Waals surface area contributed by atoms with Crippen LogP contribution in [0.4, 0.5) is 5.82 Å². The molecule has 90 valence electrons. The van der Waals surface area contributed by atoms with E-state index in [1.165, 1.54) is 12.8 Å². The minimum absolute atomic E-state index is 0.567. The number of hydrogen-bond donors (Lipinski definition) is 1. The third-order valence-electron chi connectivity index (χ3n) is 3.27. The van der Waals surface area contributed by atoms with Gasteiger partial charge in [0.1, 0.15) is 17.3 Å². The SMILES string of the molecule is CCn1cc(-c2nc(C)n(C3CC3)c2N)cn1. The van der Waals surface area contributed by atoms with Crippen LogP contribution in [0.5, 0.6) is 0 Å². The largest absolute Gasteiger partial charge is 0.383 e. The van der Waals surface area contributed by atoms with E-state index in [2.05, 4.69) is 21.6 Å². The molecule has 0 saturated heterocycles. The molecule has 1 saturated carbocycles. The molecule has 1 fully saturated rings. The van der Waals surface area contributed by atoms with Gasteiger partial charge in [0.2, 0.25) is 0 Å². The summed E-state index contributed by atoms with van der Waals surface area (Å²) in [6.45, 7) is 4.94. The van der Waals surface area contributed by atoms with Crippen LogP contribution in [0.15, 0.2) is 12.4 Å². The van der Waals surface area contributed by atoms with Crippen LogP contribution >= 0.6 is 0 Å². The maximum absolute atomic E-state index is 6.19. The number of aryl methyl sites for hydroxylation is 2. The molecule has 0 amide bonds. The molecular formula is C12H17N5. The Morgan fingerprint density at radius 1 is 1.47 bits per heavy atom. The molecule has 2 N–H and O–H groups in total. The number of nitrogens with zero attached hydrogens (tertiary/aromatic N) is 4. The minimum atomic E-state index is 0.567. The van der Waals surface area contributed by atoms with E-state index < -0.39 is 0 Å². The van der Waals surface area contributed by atoms with Crippen molar-refractivity contribution >= 4 is 5.82 Å². The molecule has 2 heterocycles. The van der Waals surface area contributed by atoms with Crippen molar-refractivity contribution in [3.05, 3.63) is 18.2 Å². The van der Waals surface area contributed by atoms with E-state index >= 15 is 0 Å². The molecule has 1 aliphatic rings. The van der Waals surface area contributed by atoms with Crippen molar-refractivity contribution in [2.45, 2.75) is 39.3 Å². The Kier molecular flexibility index (Phi) is 2.21. The monoisotopic (exact) mass is 231 g/mol. The van der Waals surface area contributed by atoms with Crippen molar-refractivity contribution in [3.8, 4) is 11.3 Å². The first kappa shape index (κ1) is 10.4. The molecule has 0 atom stereocenters. The Morgan fingerprint density at radius 3 is 2.82 bits per heavy atom. The molecule has 1 aliphatic carbocycles. The highest BCUT2D eigenvalue weighted by atomic mass is 15.3. The number of imidazole rings is 1. The Bertz CT molecular complexity index is 547. The van der Waals surface area contributed by atoms with Gasteiger partial charge < -0.3 is 10.3 Å². The summed E-state index contributed by atoms with van der Waals surface area (Å²) in [6.07, 6.45) is 6.26. The summed E-state index contributed by atoms with van der Waals surface area (Å²) in [5.74, 6) is 1.78. The summed E-state index contributed by atoms with van der Waals surface area (Å²) in [5, 5.41) is 4.26. The van der Waals surface area contributed by atoms with Crippen LogP contribution in [0.2, 0.25) is 0 Å². The van der Waals surface area contributed by atoms with Crippen molar-refractivity contribution in [1.82, 2.24) is 19.3 Å². The Morgan fingerprint density at radius 2 is 2.24 bits per heavy atom. The van der Waals surface area contributed by atoms with Crippen molar-refractivity contribution in [1.29, 1.82) is 0 Å². The molecule has 2 aromatic heterocycles. The molecule has 5 heteroatoms. The molecule has 2 aromatic rings. The van der Waals surface area contributed by atoms with E-state index in [4.69, 9.17) is 5.73 Å². The Balaban J connectivity index is 2.05. The normalized spacial score (nSPS) is 15.4. The van der Waals surface area contributed by atoms with Gasteiger partial charge in [0.05, 0.1) is 6.20 Å². The fourth-order valence-corrected chi connectivity index (χ4v) is 2.23. The predicted octanol–water partition coefficient (Wildman–Crippen LogP) is 1.99. The van der Waals surface area contributed by atoms with Crippen molar-refractivity contribution in [2.75, 3.05) is 5.73 Å². The van der Waals surface area contributed by atoms with Gasteiger partial charge in [-0.05, 0) is 26.7 Å². The van der Waals surface area contributed by atoms with Gasteiger partial charge in [-0.15, -0.1) is 0 Å². The number of nitrogen functional groups attached to an aromatic ring is 1. The van der Waals surface area contributed by atoms with Gasteiger partial charge in [0.25, 0.3) is 0 Å². The zero-order valence-corrected chi connectivity index (χ0v) is 10.2. The number of aromatic nitrogens is 4. The maximum Gasteiger partial charge on any atom is 0.132 e. The van der Waals surface area contributed by atoms with E-state index in [9.17, 15) is 0 Å². The van der Waals surface area contributed by atoms with Crippen molar-refractivity contribution < 1.29 is 0 Å². The lowest BCUT2D eigenvalue weighted by Gasteiger charge is -2.04. The number of nitrogens with two attached hydrogens (primary N) is 1. The molecule has 0 aromatic carbocycles.